The predicted octanol–water partition coefficient (Wildman–Crippen LogP) is 1.10. The van der Waals surface area contributed by atoms with E-state index in [0.29, 0.717) is 11.3 Å². The van der Waals surface area contributed by atoms with Gasteiger partial charge < -0.3 is 19.5 Å². The van der Waals surface area contributed by atoms with E-state index in [0.717, 1.165) is 7.11 Å². The Kier molecular flexibility index (Phi) is 6.17. The average Bonchev–Trinajstić information content (AvgIpc) is 3.09. The normalized spacial score (nSPS) is 10.8. The van der Waals surface area contributed by atoms with Crippen LogP contribution in [0.5, 0.6) is 11.5 Å². The first-order valence-corrected chi connectivity index (χ1v) is 9.50. The summed E-state index contributed by atoms with van der Waals surface area (Å²) in [6.45, 7) is 1.25. The Morgan fingerprint density at radius 1 is 1.07 bits per heavy atom. The Balaban J connectivity index is 2.46. The molecule has 2 rings (SSSR count). The molecular weight excluding hydrogens is 400 g/mol. The molecule has 0 aliphatic heterocycles. The SMILES string of the molecule is COC(=O)c1cc(OC)c(OC)cc1NS(=O)(=O)c1nnc(NC(C)=O)s1. The van der Waals surface area contributed by atoms with E-state index in [9.17, 15) is 18.0 Å². The van der Waals surface area contributed by atoms with Crippen molar-refractivity contribution in [1.82, 2.24) is 10.2 Å². The fraction of sp³-hybridized carbons (Fsp3) is 0.286. The van der Waals surface area contributed by atoms with E-state index in [2.05, 4.69) is 25.0 Å². The van der Waals surface area contributed by atoms with Gasteiger partial charge in [0.25, 0.3) is 14.4 Å². The largest absolute Gasteiger partial charge is 0.493 e. The van der Waals surface area contributed by atoms with Gasteiger partial charge in [-0.3, -0.25) is 9.52 Å². The summed E-state index contributed by atoms with van der Waals surface area (Å²) in [4.78, 5) is 23.1. The lowest BCUT2D eigenvalue weighted by Crippen LogP contribution is -2.16. The lowest BCUT2D eigenvalue weighted by atomic mass is 10.1. The van der Waals surface area contributed by atoms with Crippen molar-refractivity contribution >= 4 is 44.1 Å². The average molecular weight is 416 g/mol. The van der Waals surface area contributed by atoms with E-state index in [1.54, 1.807) is 0 Å². The highest BCUT2D eigenvalue weighted by Gasteiger charge is 2.25. The number of aromatic nitrogens is 2. The van der Waals surface area contributed by atoms with Gasteiger partial charge in [-0.15, -0.1) is 10.2 Å². The van der Waals surface area contributed by atoms with Crippen molar-refractivity contribution in [1.29, 1.82) is 0 Å². The van der Waals surface area contributed by atoms with Crippen LogP contribution in [0.25, 0.3) is 0 Å². The van der Waals surface area contributed by atoms with Crippen molar-refractivity contribution in [3.63, 3.8) is 0 Å². The Hall–Kier alpha value is -2.93. The molecule has 11 nitrogen and oxygen atoms in total. The predicted molar refractivity (Wildman–Crippen MR) is 95.9 cm³/mol. The lowest BCUT2D eigenvalue weighted by Gasteiger charge is -2.14. The molecule has 0 aliphatic carbocycles. The molecule has 0 unspecified atom stereocenters. The summed E-state index contributed by atoms with van der Waals surface area (Å²) in [5.41, 5.74) is -0.193. The molecule has 13 heteroatoms. The third kappa shape index (κ3) is 4.62. The van der Waals surface area contributed by atoms with Gasteiger partial charge in [0.15, 0.2) is 11.5 Å². The fourth-order valence-corrected chi connectivity index (χ4v) is 3.97. The van der Waals surface area contributed by atoms with Crippen LogP contribution in [0.1, 0.15) is 17.3 Å². The summed E-state index contributed by atoms with van der Waals surface area (Å²) >= 11 is 0.648. The standard InChI is InChI=1S/C14H16N4O7S2/c1-7(19)15-13-16-17-14(26-13)27(21,22)18-9-6-11(24-3)10(23-2)5-8(9)12(20)25-4/h5-6,18H,1-4H3,(H,15,16,19). The number of amides is 1. The summed E-state index contributed by atoms with van der Waals surface area (Å²) in [5.74, 6) is -0.801. The summed E-state index contributed by atoms with van der Waals surface area (Å²) < 4.78 is 41.9. The van der Waals surface area contributed by atoms with Gasteiger partial charge in [-0.25, -0.2) is 4.79 Å². The highest BCUT2D eigenvalue weighted by atomic mass is 32.2. The molecule has 0 bridgehead atoms. The second-order valence-corrected chi connectivity index (χ2v) is 7.74. The maximum Gasteiger partial charge on any atom is 0.340 e. The van der Waals surface area contributed by atoms with Crippen molar-refractivity contribution < 1.29 is 32.2 Å². The van der Waals surface area contributed by atoms with E-state index in [-0.39, 0.29) is 27.9 Å². The summed E-state index contributed by atoms with van der Waals surface area (Å²) in [5, 5.41) is 9.47. The van der Waals surface area contributed by atoms with Crippen LogP contribution < -0.4 is 19.5 Å². The van der Waals surface area contributed by atoms with E-state index >= 15 is 0 Å². The molecule has 146 valence electrons. The number of carbonyl (C=O) groups excluding carboxylic acids is 2. The summed E-state index contributed by atoms with van der Waals surface area (Å²) in [6.07, 6.45) is 0. The van der Waals surface area contributed by atoms with E-state index in [1.165, 1.54) is 33.3 Å². The number of ether oxygens (including phenoxy) is 3. The van der Waals surface area contributed by atoms with E-state index in [4.69, 9.17) is 9.47 Å². The second kappa shape index (κ2) is 8.18. The van der Waals surface area contributed by atoms with Crippen molar-refractivity contribution in [3.8, 4) is 11.5 Å². The number of nitrogens with one attached hydrogen (secondary N) is 2. The van der Waals surface area contributed by atoms with Gasteiger partial charge in [0.2, 0.25) is 11.0 Å². The molecule has 1 aromatic heterocycles. The van der Waals surface area contributed by atoms with Crippen molar-refractivity contribution in [2.75, 3.05) is 31.4 Å². The van der Waals surface area contributed by atoms with Crippen molar-refractivity contribution in [2.45, 2.75) is 11.3 Å². The third-order valence-electron chi connectivity index (χ3n) is 3.09. The van der Waals surface area contributed by atoms with Gasteiger partial charge in [0.05, 0.1) is 32.6 Å². The van der Waals surface area contributed by atoms with Crippen molar-refractivity contribution in [3.05, 3.63) is 17.7 Å². The molecule has 0 radical (unpaired) electrons. The Morgan fingerprint density at radius 2 is 1.70 bits per heavy atom. The lowest BCUT2D eigenvalue weighted by molar-refractivity contribution is -0.114. The molecule has 27 heavy (non-hydrogen) atoms. The van der Waals surface area contributed by atoms with Crippen LogP contribution in [0.3, 0.4) is 0 Å². The van der Waals surface area contributed by atoms with Gasteiger partial charge in [0.1, 0.15) is 0 Å². The molecule has 1 heterocycles. The number of nitrogens with zero attached hydrogens (tertiary/aromatic N) is 2. The second-order valence-electron chi connectivity index (χ2n) is 4.90. The minimum absolute atomic E-state index is 0.0170. The fourth-order valence-electron chi connectivity index (χ4n) is 1.95. The van der Waals surface area contributed by atoms with Gasteiger partial charge in [0, 0.05) is 19.1 Å². The maximum atomic E-state index is 12.6. The van der Waals surface area contributed by atoms with Gasteiger partial charge in [-0.1, -0.05) is 11.3 Å². The highest BCUT2D eigenvalue weighted by molar-refractivity contribution is 7.94. The molecule has 0 fully saturated rings. The molecule has 0 spiro atoms. The zero-order valence-corrected chi connectivity index (χ0v) is 16.4. The molecule has 0 saturated heterocycles. The van der Waals surface area contributed by atoms with Crippen LogP contribution in [-0.4, -0.2) is 51.8 Å². The first kappa shape index (κ1) is 20.4. The Bertz CT molecular complexity index is 972. The molecular formula is C14H16N4O7S2. The number of hydrogen-bond acceptors (Lipinski definition) is 10. The minimum atomic E-state index is -4.20. The number of esters is 1. The van der Waals surface area contributed by atoms with E-state index in [1.807, 2.05) is 0 Å². The van der Waals surface area contributed by atoms with Crippen LogP contribution in [0.15, 0.2) is 16.5 Å². The molecule has 1 amide bonds. The van der Waals surface area contributed by atoms with Crippen molar-refractivity contribution in [2.24, 2.45) is 0 Å². The molecule has 1 aromatic carbocycles. The van der Waals surface area contributed by atoms with Gasteiger partial charge in [-0.2, -0.15) is 8.42 Å². The smallest absolute Gasteiger partial charge is 0.340 e. The van der Waals surface area contributed by atoms with Crippen LogP contribution >= 0.6 is 11.3 Å². The molecule has 0 aliphatic rings. The number of anilines is 2. The quantitative estimate of drug-likeness (QED) is 0.500. The van der Waals surface area contributed by atoms with Crippen LogP contribution in [0.4, 0.5) is 10.8 Å². The minimum Gasteiger partial charge on any atom is -0.493 e. The number of sulfonamides is 1. The first-order valence-electron chi connectivity index (χ1n) is 7.20. The molecule has 2 N–H and O–H groups in total. The summed E-state index contributed by atoms with van der Waals surface area (Å²) in [7, 11) is -0.315. The van der Waals surface area contributed by atoms with Crippen LogP contribution in [0.2, 0.25) is 0 Å². The molecule has 0 saturated carbocycles. The topological polar surface area (TPSA) is 146 Å². The van der Waals surface area contributed by atoms with Gasteiger partial charge >= 0.3 is 5.97 Å². The molecule has 0 atom stereocenters. The molecule has 2 aromatic rings. The van der Waals surface area contributed by atoms with Crippen LogP contribution in [0, 0.1) is 0 Å². The van der Waals surface area contributed by atoms with Gasteiger partial charge in [-0.05, 0) is 0 Å². The number of rotatable bonds is 7. The zero-order chi connectivity index (χ0) is 20.2. The Morgan fingerprint density at radius 3 is 2.26 bits per heavy atom. The number of carbonyl (C=O) groups is 2. The highest BCUT2D eigenvalue weighted by Crippen LogP contribution is 2.35. The number of benzene rings is 1. The maximum absolute atomic E-state index is 12.6. The zero-order valence-electron chi connectivity index (χ0n) is 14.7. The first-order chi connectivity index (χ1) is 12.7. The Labute approximate surface area is 158 Å². The summed E-state index contributed by atoms with van der Waals surface area (Å²) in [6, 6.07) is 2.56. The monoisotopic (exact) mass is 416 g/mol. The number of methoxy groups -OCH3 is 3. The number of hydrogen-bond donors (Lipinski definition) is 2. The van der Waals surface area contributed by atoms with E-state index < -0.39 is 26.2 Å². The van der Waals surface area contributed by atoms with Crippen LogP contribution in [-0.2, 0) is 19.6 Å². The third-order valence-corrected chi connectivity index (χ3v) is 5.66.